The second kappa shape index (κ2) is 15.8. The van der Waals surface area contributed by atoms with E-state index in [0.29, 0.717) is 49.7 Å². The molecule has 1 aliphatic heterocycles. The number of nitrogens with zero attached hydrogens (tertiary/aromatic N) is 3. The van der Waals surface area contributed by atoms with Gasteiger partial charge in [-0.15, -0.1) is 0 Å². The molecule has 10 heteroatoms. The number of carbonyl (C=O) groups excluding carboxylic acids is 3. The third kappa shape index (κ3) is 9.61. The van der Waals surface area contributed by atoms with Gasteiger partial charge in [-0.25, -0.2) is 4.79 Å². The smallest absolute Gasteiger partial charge is 0.410 e. The van der Waals surface area contributed by atoms with Gasteiger partial charge in [0.1, 0.15) is 5.60 Å². The first-order valence-electron chi connectivity index (χ1n) is 15.2. The van der Waals surface area contributed by atoms with E-state index in [0.717, 1.165) is 5.56 Å². The van der Waals surface area contributed by atoms with Crippen LogP contribution in [-0.2, 0) is 20.8 Å². The summed E-state index contributed by atoms with van der Waals surface area (Å²) < 4.78 is 22.2. The Labute approximate surface area is 262 Å². The molecule has 3 amide bonds. The number of amides is 3. The highest BCUT2D eigenvalue weighted by atomic mass is 16.6. The van der Waals surface area contributed by atoms with Crippen LogP contribution in [0, 0.1) is 5.92 Å². The SMILES string of the molecule is COCCCOc1cc(C(=O)N(C(C)C)[C@@H]2C[C@H](C(=O)N(C)Cc3ccccc3)CN(C(=O)OC(C)(C)C)C2)ccc1OC. The van der Waals surface area contributed by atoms with E-state index in [4.69, 9.17) is 18.9 Å². The Morgan fingerprint density at radius 2 is 1.68 bits per heavy atom. The average molecular weight is 612 g/mol. The Morgan fingerprint density at radius 1 is 0.977 bits per heavy atom. The number of carbonyl (C=O) groups is 3. The third-order valence-corrected chi connectivity index (χ3v) is 7.41. The molecule has 0 saturated carbocycles. The summed E-state index contributed by atoms with van der Waals surface area (Å²) in [5.74, 6) is 0.173. The van der Waals surface area contributed by atoms with E-state index < -0.39 is 23.7 Å². The fourth-order valence-electron chi connectivity index (χ4n) is 5.45. The van der Waals surface area contributed by atoms with Crippen molar-refractivity contribution in [1.29, 1.82) is 0 Å². The number of methoxy groups -OCH3 is 2. The molecule has 1 saturated heterocycles. The van der Waals surface area contributed by atoms with Crippen LogP contribution < -0.4 is 9.47 Å². The summed E-state index contributed by atoms with van der Waals surface area (Å²) in [6, 6.07) is 14.3. The average Bonchev–Trinajstić information content (AvgIpc) is 2.98. The zero-order valence-corrected chi connectivity index (χ0v) is 27.5. The molecule has 0 unspecified atom stereocenters. The maximum atomic E-state index is 14.2. The summed E-state index contributed by atoms with van der Waals surface area (Å²) in [5, 5.41) is 0. The lowest BCUT2D eigenvalue weighted by Gasteiger charge is -2.44. The number of benzene rings is 2. The van der Waals surface area contributed by atoms with Crippen LogP contribution in [0.25, 0.3) is 0 Å². The fourth-order valence-corrected chi connectivity index (χ4v) is 5.45. The van der Waals surface area contributed by atoms with Crippen LogP contribution in [0.2, 0.25) is 0 Å². The second-order valence-corrected chi connectivity index (χ2v) is 12.5. The molecular weight excluding hydrogens is 562 g/mol. The minimum absolute atomic E-state index is 0.0838. The van der Waals surface area contributed by atoms with Crippen LogP contribution in [0.15, 0.2) is 48.5 Å². The van der Waals surface area contributed by atoms with Crippen molar-refractivity contribution in [3.8, 4) is 11.5 Å². The number of rotatable bonds is 12. The summed E-state index contributed by atoms with van der Waals surface area (Å²) in [5.41, 5.74) is 0.738. The molecule has 2 aromatic carbocycles. The summed E-state index contributed by atoms with van der Waals surface area (Å²) in [4.78, 5) is 46.3. The lowest BCUT2D eigenvalue weighted by Crippen LogP contribution is -2.58. The number of ether oxygens (including phenoxy) is 4. The summed E-state index contributed by atoms with van der Waals surface area (Å²) in [7, 11) is 4.96. The Morgan fingerprint density at radius 3 is 2.30 bits per heavy atom. The monoisotopic (exact) mass is 611 g/mol. The van der Waals surface area contributed by atoms with Crippen molar-refractivity contribution in [2.45, 2.75) is 71.7 Å². The van der Waals surface area contributed by atoms with Gasteiger partial charge in [-0.1, -0.05) is 30.3 Å². The molecule has 0 N–H and O–H groups in total. The molecule has 2 aromatic rings. The number of hydrogen-bond donors (Lipinski definition) is 0. The minimum atomic E-state index is -0.704. The van der Waals surface area contributed by atoms with Crippen LogP contribution in [-0.4, -0.2) is 97.9 Å². The molecule has 44 heavy (non-hydrogen) atoms. The number of likely N-dealkylation sites (tertiary alicyclic amines) is 1. The lowest BCUT2D eigenvalue weighted by atomic mass is 9.90. The number of hydrogen-bond acceptors (Lipinski definition) is 7. The molecule has 1 heterocycles. The van der Waals surface area contributed by atoms with Crippen LogP contribution in [0.5, 0.6) is 11.5 Å². The molecule has 0 bridgehead atoms. The van der Waals surface area contributed by atoms with Crippen molar-refractivity contribution in [3.63, 3.8) is 0 Å². The van der Waals surface area contributed by atoms with Gasteiger partial charge in [0.2, 0.25) is 5.91 Å². The van der Waals surface area contributed by atoms with E-state index in [1.165, 1.54) is 0 Å². The van der Waals surface area contributed by atoms with Crippen molar-refractivity contribution in [2.24, 2.45) is 5.92 Å². The summed E-state index contributed by atoms with van der Waals surface area (Å²) >= 11 is 0. The van der Waals surface area contributed by atoms with E-state index >= 15 is 0 Å². The van der Waals surface area contributed by atoms with Crippen LogP contribution in [0.1, 0.15) is 63.4 Å². The molecule has 1 fully saturated rings. The van der Waals surface area contributed by atoms with E-state index in [1.54, 1.807) is 54.2 Å². The predicted octanol–water partition coefficient (Wildman–Crippen LogP) is 5.25. The highest BCUT2D eigenvalue weighted by Crippen LogP contribution is 2.31. The summed E-state index contributed by atoms with van der Waals surface area (Å²) in [6.45, 7) is 11.2. The van der Waals surface area contributed by atoms with Gasteiger partial charge in [0.25, 0.3) is 5.91 Å². The van der Waals surface area contributed by atoms with E-state index in [-0.39, 0.29) is 30.9 Å². The summed E-state index contributed by atoms with van der Waals surface area (Å²) in [6.07, 6.45) is 0.600. The zero-order valence-electron chi connectivity index (χ0n) is 27.5. The van der Waals surface area contributed by atoms with Crippen molar-refractivity contribution in [2.75, 3.05) is 47.6 Å². The van der Waals surface area contributed by atoms with Crippen molar-refractivity contribution < 1.29 is 33.3 Å². The van der Waals surface area contributed by atoms with Crippen LogP contribution in [0.3, 0.4) is 0 Å². The Balaban J connectivity index is 1.90. The van der Waals surface area contributed by atoms with Crippen molar-refractivity contribution in [1.82, 2.24) is 14.7 Å². The first-order chi connectivity index (χ1) is 20.8. The topological polar surface area (TPSA) is 97.9 Å². The Kier molecular flexibility index (Phi) is 12.5. The molecule has 2 atom stereocenters. The maximum Gasteiger partial charge on any atom is 0.410 e. The fraction of sp³-hybridized carbons (Fsp3) is 0.559. The van der Waals surface area contributed by atoms with Gasteiger partial charge in [0, 0.05) is 58.4 Å². The van der Waals surface area contributed by atoms with Gasteiger partial charge in [0.15, 0.2) is 11.5 Å². The van der Waals surface area contributed by atoms with Crippen LogP contribution in [0.4, 0.5) is 4.79 Å². The van der Waals surface area contributed by atoms with Gasteiger partial charge in [-0.05, 0) is 64.8 Å². The normalized spacial score (nSPS) is 16.8. The van der Waals surface area contributed by atoms with E-state index in [1.807, 2.05) is 65.0 Å². The first-order valence-corrected chi connectivity index (χ1v) is 15.2. The van der Waals surface area contributed by atoms with Gasteiger partial charge >= 0.3 is 6.09 Å². The molecule has 0 spiro atoms. The van der Waals surface area contributed by atoms with E-state index in [9.17, 15) is 14.4 Å². The molecule has 1 aliphatic rings. The third-order valence-electron chi connectivity index (χ3n) is 7.41. The van der Waals surface area contributed by atoms with Gasteiger partial charge < -0.3 is 33.6 Å². The molecule has 3 rings (SSSR count). The quantitative estimate of drug-likeness (QED) is 0.303. The molecule has 10 nitrogen and oxygen atoms in total. The largest absolute Gasteiger partial charge is 0.493 e. The van der Waals surface area contributed by atoms with Crippen LogP contribution >= 0.6 is 0 Å². The highest BCUT2D eigenvalue weighted by Gasteiger charge is 2.41. The minimum Gasteiger partial charge on any atom is -0.493 e. The molecule has 0 radical (unpaired) electrons. The zero-order chi connectivity index (χ0) is 32.4. The highest BCUT2D eigenvalue weighted by molar-refractivity contribution is 5.95. The van der Waals surface area contributed by atoms with Gasteiger partial charge in [0.05, 0.1) is 25.7 Å². The molecular formula is C34H49N3O7. The predicted molar refractivity (Wildman–Crippen MR) is 169 cm³/mol. The maximum absolute atomic E-state index is 14.2. The first kappa shape index (κ1) is 34.7. The lowest BCUT2D eigenvalue weighted by molar-refractivity contribution is -0.137. The Hall–Kier alpha value is -3.79. The van der Waals surface area contributed by atoms with Gasteiger partial charge in [-0.3, -0.25) is 9.59 Å². The number of piperidine rings is 1. The molecule has 0 aliphatic carbocycles. The Bertz CT molecular complexity index is 1250. The molecule has 0 aromatic heterocycles. The second-order valence-electron chi connectivity index (χ2n) is 12.5. The van der Waals surface area contributed by atoms with Crippen molar-refractivity contribution in [3.05, 3.63) is 59.7 Å². The standard InChI is InChI=1S/C34H49N3O7/c1-24(2)37(32(39)26-15-16-29(42-8)30(20-26)43-18-12-17-41-7)28-19-27(22-36(23-28)33(40)44-34(3,4)5)31(38)35(6)21-25-13-10-9-11-14-25/h9-11,13-16,20,24,27-28H,12,17-19,21-23H2,1-8H3/t27-,28+/m0/s1. The molecule has 242 valence electrons. The van der Waals surface area contributed by atoms with Crippen molar-refractivity contribution >= 4 is 17.9 Å². The van der Waals surface area contributed by atoms with Gasteiger partial charge in [-0.2, -0.15) is 0 Å². The van der Waals surface area contributed by atoms with E-state index in [2.05, 4.69) is 0 Å².